The Bertz CT molecular complexity index is 549. The molecule has 0 aliphatic carbocycles. The van der Waals surface area contributed by atoms with E-state index in [4.69, 9.17) is 16.3 Å². The van der Waals surface area contributed by atoms with E-state index in [0.29, 0.717) is 11.4 Å². The Hall–Kier alpha value is -2.68. The first kappa shape index (κ1) is 15.4. The third-order valence-electron chi connectivity index (χ3n) is 2.57. The van der Waals surface area contributed by atoms with Gasteiger partial charge < -0.3 is 20.1 Å². The van der Waals surface area contributed by atoms with Crippen molar-refractivity contribution >= 4 is 17.7 Å². The topological polar surface area (TPSA) is 78.9 Å². The van der Waals surface area contributed by atoms with Gasteiger partial charge in [-0.05, 0) is 30.7 Å². The maximum atomic E-state index is 12.0. The lowest BCUT2D eigenvalue weighted by molar-refractivity contribution is -0.137. The number of nitrogens with zero attached hydrogens (tertiary/aromatic N) is 1. The fourth-order valence-electron chi connectivity index (χ4n) is 1.57. The highest BCUT2D eigenvalue weighted by Gasteiger charge is 2.16. The Kier molecular flexibility index (Phi) is 5.42. The van der Waals surface area contributed by atoms with Gasteiger partial charge in [-0.1, -0.05) is 5.92 Å². The van der Waals surface area contributed by atoms with E-state index in [-0.39, 0.29) is 6.54 Å². The first-order valence-electron chi connectivity index (χ1n) is 5.83. The Morgan fingerprint density at radius 3 is 2.70 bits per heavy atom. The van der Waals surface area contributed by atoms with Crippen LogP contribution in [0.25, 0.3) is 0 Å². The molecule has 0 unspecified atom stereocenters. The molecule has 0 aromatic heterocycles. The minimum absolute atomic E-state index is 0.0761. The van der Waals surface area contributed by atoms with Crippen molar-refractivity contribution in [3.8, 4) is 18.1 Å². The Labute approximate surface area is 117 Å². The van der Waals surface area contributed by atoms with Crippen molar-refractivity contribution in [3.63, 3.8) is 0 Å². The van der Waals surface area contributed by atoms with Crippen LogP contribution in [0.4, 0.5) is 10.5 Å². The number of carbonyl (C=O) groups is 2. The second kappa shape index (κ2) is 7.04. The third kappa shape index (κ3) is 4.21. The number of methoxy groups -OCH3 is 1. The van der Waals surface area contributed by atoms with Crippen LogP contribution in [0.15, 0.2) is 18.2 Å². The van der Waals surface area contributed by atoms with Crippen LogP contribution in [0.1, 0.15) is 5.56 Å². The van der Waals surface area contributed by atoms with Gasteiger partial charge in [0.05, 0.1) is 13.7 Å². The quantitative estimate of drug-likeness (QED) is 0.800. The van der Waals surface area contributed by atoms with Crippen LogP contribution < -0.4 is 10.1 Å². The molecule has 0 atom stereocenters. The second-order valence-electron chi connectivity index (χ2n) is 4.06. The van der Waals surface area contributed by atoms with Crippen molar-refractivity contribution in [3.05, 3.63) is 23.8 Å². The molecule has 6 heteroatoms. The van der Waals surface area contributed by atoms with Crippen LogP contribution in [-0.2, 0) is 4.79 Å². The molecule has 0 aliphatic heterocycles. The number of aryl methyl sites for hydroxylation is 1. The van der Waals surface area contributed by atoms with Crippen molar-refractivity contribution in [1.29, 1.82) is 0 Å². The SMILES string of the molecule is C#CCN(CC(=O)O)C(=O)Nc1ccc(OC)cc1C. The van der Waals surface area contributed by atoms with E-state index in [2.05, 4.69) is 11.2 Å². The van der Waals surface area contributed by atoms with Gasteiger partial charge in [0, 0.05) is 5.69 Å². The maximum Gasteiger partial charge on any atom is 0.323 e. The largest absolute Gasteiger partial charge is 0.497 e. The highest BCUT2D eigenvalue weighted by Crippen LogP contribution is 2.21. The summed E-state index contributed by atoms with van der Waals surface area (Å²) in [5.74, 6) is 1.80. The molecule has 106 valence electrons. The predicted octanol–water partition coefficient (Wildman–Crippen LogP) is 1.56. The van der Waals surface area contributed by atoms with E-state index in [1.54, 1.807) is 32.2 Å². The first-order valence-corrected chi connectivity index (χ1v) is 5.83. The molecule has 0 aliphatic rings. The van der Waals surface area contributed by atoms with E-state index in [1.165, 1.54) is 0 Å². The number of benzene rings is 1. The van der Waals surface area contributed by atoms with Crippen molar-refractivity contribution in [2.75, 3.05) is 25.5 Å². The van der Waals surface area contributed by atoms with E-state index >= 15 is 0 Å². The fraction of sp³-hybridized carbons (Fsp3) is 0.286. The highest BCUT2D eigenvalue weighted by molar-refractivity contribution is 5.92. The number of carboxylic acids is 1. The Morgan fingerprint density at radius 1 is 1.50 bits per heavy atom. The molecular weight excluding hydrogens is 260 g/mol. The van der Waals surface area contributed by atoms with Gasteiger partial charge in [-0.2, -0.15) is 0 Å². The van der Waals surface area contributed by atoms with Crippen LogP contribution in [0.3, 0.4) is 0 Å². The molecule has 2 amide bonds. The minimum Gasteiger partial charge on any atom is -0.497 e. The van der Waals surface area contributed by atoms with E-state index < -0.39 is 18.5 Å². The summed E-state index contributed by atoms with van der Waals surface area (Å²) in [6.45, 7) is 1.28. The normalized spacial score (nSPS) is 9.45. The van der Waals surface area contributed by atoms with Gasteiger partial charge in [0.25, 0.3) is 0 Å². The van der Waals surface area contributed by atoms with Gasteiger partial charge in [0.2, 0.25) is 0 Å². The van der Waals surface area contributed by atoms with Gasteiger partial charge >= 0.3 is 12.0 Å². The van der Waals surface area contributed by atoms with Crippen molar-refractivity contribution < 1.29 is 19.4 Å². The number of amides is 2. The van der Waals surface area contributed by atoms with Crippen LogP contribution in [0.2, 0.25) is 0 Å². The molecular formula is C14H16N2O4. The van der Waals surface area contributed by atoms with Crippen molar-refractivity contribution in [1.82, 2.24) is 4.90 Å². The molecule has 0 fully saturated rings. The number of rotatable bonds is 5. The van der Waals surface area contributed by atoms with Crippen LogP contribution in [0.5, 0.6) is 5.75 Å². The minimum atomic E-state index is -1.12. The van der Waals surface area contributed by atoms with Crippen molar-refractivity contribution in [2.45, 2.75) is 6.92 Å². The zero-order valence-corrected chi connectivity index (χ0v) is 11.3. The monoisotopic (exact) mass is 276 g/mol. The molecule has 1 aromatic rings. The maximum absolute atomic E-state index is 12.0. The van der Waals surface area contributed by atoms with Gasteiger partial charge in [0.15, 0.2) is 0 Å². The fourth-order valence-corrected chi connectivity index (χ4v) is 1.57. The first-order chi connectivity index (χ1) is 9.47. The van der Waals surface area contributed by atoms with Gasteiger partial charge in [-0.15, -0.1) is 6.42 Å². The highest BCUT2D eigenvalue weighted by atomic mass is 16.5. The number of urea groups is 1. The molecule has 0 heterocycles. The molecule has 0 spiro atoms. The lowest BCUT2D eigenvalue weighted by Gasteiger charge is -2.19. The number of terminal acetylenes is 1. The lowest BCUT2D eigenvalue weighted by atomic mass is 10.2. The Balaban J connectivity index is 2.82. The molecule has 1 rings (SSSR count). The van der Waals surface area contributed by atoms with E-state index in [1.807, 2.05) is 0 Å². The summed E-state index contributed by atoms with van der Waals surface area (Å²) in [7, 11) is 1.55. The molecule has 0 saturated carbocycles. The second-order valence-corrected chi connectivity index (χ2v) is 4.06. The molecule has 2 N–H and O–H groups in total. The number of aliphatic carboxylic acids is 1. The van der Waals surface area contributed by atoms with Crippen LogP contribution in [-0.4, -0.2) is 42.2 Å². The predicted molar refractivity (Wildman–Crippen MR) is 74.8 cm³/mol. The third-order valence-corrected chi connectivity index (χ3v) is 2.57. The van der Waals surface area contributed by atoms with Gasteiger partial charge in [-0.25, -0.2) is 4.79 Å². The summed E-state index contributed by atoms with van der Waals surface area (Å²) in [5.41, 5.74) is 1.37. The Morgan fingerprint density at radius 2 is 2.20 bits per heavy atom. The van der Waals surface area contributed by atoms with Crippen LogP contribution >= 0.6 is 0 Å². The van der Waals surface area contributed by atoms with Gasteiger partial charge in [-0.3, -0.25) is 4.79 Å². The number of hydrogen-bond donors (Lipinski definition) is 2. The lowest BCUT2D eigenvalue weighted by Crippen LogP contribution is -2.39. The zero-order valence-electron chi connectivity index (χ0n) is 11.3. The average molecular weight is 276 g/mol. The number of hydrogen-bond acceptors (Lipinski definition) is 3. The number of ether oxygens (including phenoxy) is 1. The zero-order chi connectivity index (χ0) is 15.1. The molecule has 20 heavy (non-hydrogen) atoms. The summed E-state index contributed by atoms with van der Waals surface area (Å²) in [6, 6.07) is 4.59. The summed E-state index contributed by atoms with van der Waals surface area (Å²) in [5, 5.41) is 11.4. The average Bonchev–Trinajstić information content (AvgIpc) is 2.40. The molecule has 0 bridgehead atoms. The summed E-state index contributed by atoms with van der Waals surface area (Å²) in [4.78, 5) is 23.7. The van der Waals surface area contributed by atoms with E-state index in [9.17, 15) is 9.59 Å². The molecule has 0 saturated heterocycles. The smallest absolute Gasteiger partial charge is 0.323 e. The number of anilines is 1. The van der Waals surface area contributed by atoms with Crippen LogP contribution in [0, 0.1) is 19.3 Å². The number of carbonyl (C=O) groups excluding carboxylic acids is 1. The standard InChI is InChI=1S/C14H16N2O4/c1-4-7-16(9-13(17)18)14(19)15-12-6-5-11(20-3)8-10(12)2/h1,5-6,8H,7,9H2,2-3H3,(H,15,19)(H,17,18). The van der Waals surface area contributed by atoms with E-state index in [0.717, 1.165) is 10.5 Å². The van der Waals surface area contributed by atoms with Gasteiger partial charge in [0.1, 0.15) is 12.3 Å². The number of nitrogens with one attached hydrogen (secondary N) is 1. The molecule has 0 radical (unpaired) electrons. The summed E-state index contributed by atoms with van der Waals surface area (Å²) >= 11 is 0. The summed E-state index contributed by atoms with van der Waals surface area (Å²) < 4.78 is 5.07. The molecule has 1 aromatic carbocycles. The van der Waals surface area contributed by atoms with Crippen molar-refractivity contribution in [2.24, 2.45) is 0 Å². The summed E-state index contributed by atoms with van der Waals surface area (Å²) in [6.07, 6.45) is 5.12. The number of carboxylic acid groups (broad SMARTS) is 1. The molecule has 6 nitrogen and oxygen atoms in total.